The van der Waals surface area contributed by atoms with Crippen LogP contribution in [0.1, 0.15) is 25.3 Å². The van der Waals surface area contributed by atoms with Crippen LogP contribution in [0.15, 0.2) is 30.7 Å². The van der Waals surface area contributed by atoms with Crippen molar-refractivity contribution in [2.45, 2.75) is 19.8 Å². The number of aromatic nitrogens is 2. The Morgan fingerprint density at radius 2 is 2.00 bits per heavy atom. The van der Waals surface area contributed by atoms with Crippen molar-refractivity contribution >= 4 is 23.2 Å². The summed E-state index contributed by atoms with van der Waals surface area (Å²) in [5.74, 6) is 0.398. The molecule has 0 bridgehead atoms. The summed E-state index contributed by atoms with van der Waals surface area (Å²) in [6, 6.07) is 5.84. The number of benzene rings is 1. The molecule has 16 heavy (non-hydrogen) atoms. The molecule has 0 fully saturated rings. The highest BCUT2D eigenvalue weighted by atomic mass is 35.5. The largest absolute Gasteiger partial charge is 0.304 e. The molecule has 1 aromatic heterocycles. The van der Waals surface area contributed by atoms with Crippen molar-refractivity contribution in [2.75, 3.05) is 0 Å². The van der Waals surface area contributed by atoms with Gasteiger partial charge < -0.3 is 4.57 Å². The Bertz CT molecular complexity index is 503. The zero-order valence-corrected chi connectivity index (χ0v) is 10.6. The van der Waals surface area contributed by atoms with Crippen LogP contribution in [0.3, 0.4) is 0 Å². The van der Waals surface area contributed by atoms with Gasteiger partial charge in [-0.05, 0) is 29.7 Å². The second-order valence-corrected chi connectivity index (χ2v) is 4.79. The van der Waals surface area contributed by atoms with Gasteiger partial charge in [-0.2, -0.15) is 0 Å². The standard InChI is InChI=1S/C12H12Cl2N2/c1-8(2)10-5-9(13)3-4-11(10)16-6-12(14)15-7-16/h3-8H,1-2H3. The third-order valence-electron chi connectivity index (χ3n) is 2.44. The minimum Gasteiger partial charge on any atom is -0.304 e. The molecule has 0 saturated carbocycles. The van der Waals surface area contributed by atoms with E-state index in [0.717, 1.165) is 10.7 Å². The molecule has 0 aliphatic rings. The molecule has 0 atom stereocenters. The molecule has 0 unspecified atom stereocenters. The quantitative estimate of drug-likeness (QED) is 0.782. The Hall–Kier alpha value is -0.990. The third-order valence-corrected chi connectivity index (χ3v) is 2.87. The van der Waals surface area contributed by atoms with Crippen LogP contribution < -0.4 is 0 Å². The fourth-order valence-corrected chi connectivity index (χ4v) is 1.98. The van der Waals surface area contributed by atoms with E-state index in [0.29, 0.717) is 11.1 Å². The van der Waals surface area contributed by atoms with Crippen LogP contribution in [0.25, 0.3) is 5.69 Å². The van der Waals surface area contributed by atoms with E-state index >= 15 is 0 Å². The van der Waals surface area contributed by atoms with E-state index in [9.17, 15) is 0 Å². The number of rotatable bonds is 2. The number of hydrogen-bond acceptors (Lipinski definition) is 1. The second kappa shape index (κ2) is 4.48. The molecule has 1 aromatic carbocycles. The molecule has 0 spiro atoms. The van der Waals surface area contributed by atoms with Crippen molar-refractivity contribution in [3.8, 4) is 5.69 Å². The first-order valence-corrected chi connectivity index (χ1v) is 5.83. The Kier molecular flexibility index (Phi) is 3.22. The molecule has 0 radical (unpaired) electrons. The Balaban J connectivity index is 2.56. The van der Waals surface area contributed by atoms with Crippen LogP contribution in [0.5, 0.6) is 0 Å². The molecule has 2 nitrogen and oxygen atoms in total. The van der Waals surface area contributed by atoms with Gasteiger partial charge in [0.2, 0.25) is 0 Å². The summed E-state index contributed by atoms with van der Waals surface area (Å²) in [6.45, 7) is 4.27. The van der Waals surface area contributed by atoms with Gasteiger partial charge in [0, 0.05) is 11.2 Å². The Labute approximate surface area is 105 Å². The van der Waals surface area contributed by atoms with Gasteiger partial charge in [0.15, 0.2) is 0 Å². The van der Waals surface area contributed by atoms with Crippen molar-refractivity contribution in [3.05, 3.63) is 46.5 Å². The topological polar surface area (TPSA) is 17.8 Å². The summed E-state index contributed by atoms with van der Waals surface area (Å²) >= 11 is 11.8. The summed E-state index contributed by atoms with van der Waals surface area (Å²) < 4.78 is 1.91. The van der Waals surface area contributed by atoms with Gasteiger partial charge in [0.05, 0.1) is 5.69 Å². The van der Waals surface area contributed by atoms with Crippen molar-refractivity contribution in [3.63, 3.8) is 0 Å². The summed E-state index contributed by atoms with van der Waals surface area (Å²) in [5, 5.41) is 1.24. The van der Waals surface area contributed by atoms with Crippen molar-refractivity contribution < 1.29 is 0 Å². The van der Waals surface area contributed by atoms with Crippen LogP contribution in [0, 0.1) is 0 Å². The van der Waals surface area contributed by atoms with Gasteiger partial charge in [-0.1, -0.05) is 37.0 Å². The molecule has 0 aliphatic carbocycles. The smallest absolute Gasteiger partial charge is 0.147 e. The average molecular weight is 255 g/mol. The summed E-state index contributed by atoms with van der Waals surface area (Å²) in [7, 11) is 0. The molecule has 0 amide bonds. The highest BCUT2D eigenvalue weighted by Gasteiger charge is 2.09. The van der Waals surface area contributed by atoms with Crippen LogP contribution in [0.4, 0.5) is 0 Å². The number of imidazole rings is 1. The molecule has 4 heteroatoms. The SMILES string of the molecule is CC(C)c1cc(Cl)ccc1-n1cnc(Cl)c1. The normalized spacial score (nSPS) is 11.1. The molecular weight excluding hydrogens is 243 g/mol. The maximum Gasteiger partial charge on any atom is 0.147 e. The minimum atomic E-state index is 0.398. The maximum absolute atomic E-state index is 6.00. The fourth-order valence-electron chi connectivity index (χ4n) is 1.65. The first-order valence-electron chi connectivity index (χ1n) is 5.07. The van der Waals surface area contributed by atoms with Crippen LogP contribution >= 0.6 is 23.2 Å². The van der Waals surface area contributed by atoms with Gasteiger partial charge in [0.1, 0.15) is 11.5 Å². The molecule has 0 N–H and O–H groups in total. The number of nitrogens with zero attached hydrogens (tertiary/aromatic N) is 2. The van der Waals surface area contributed by atoms with Crippen LogP contribution in [-0.2, 0) is 0 Å². The van der Waals surface area contributed by atoms with Gasteiger partial charge >= 0.3 is 0 Å². The van der Waals surface area contributed by atoms with Crippen LogP contribution in [0.2, 0.25) is 10.2 Å². The van der Waals surface area contributed by atoms with E-state index in [-0.39, 0.29) is 0 Å². The van der Waals surface area contributed by atoms with Crippen molar-refractivity contribution in [1.29, 1.82) is 0 Å². The summed E-state index contributed by atoms with van der Waals surface area (Å²) in [4.78, 5) is 4.01. The van der Waals surface area contributed by atoms with E-state index in [2.05, 4.69) is 18.8 Å². The number of halogens is 2. The van der Waals surface area contributed by atoms with E-state index < -0.39 is 0 Å². The highest BCUT2D eigenvalue weighted by molar-refractivity contribution is 6.30. The van der Waals surface area contributed by atoms with Gasteiger partial charge in [-0.3, -0.25) is 0 Å². The van der Waals surface area contributed by atoms with Gasteiger partial charge in [-0.15, -0.1) is 0 Å². The lowest BCUT2D eigenvalue weighted by atomic mass is 10.0. The Morgan fingerprint density at radius 1 is 1.25 bits per heavy atom. The van der Waals surface area contributed by atoms with Crippen LogP contribution in [-0.4, -0.2) is 9.55 Å². The second-order valence-electron chi connectivity index (χ2n) is 3.96. The summed E-state index contributed by atoms with van der Waals surface area (Å²) in [6.07, 6.45) is 3.49. The summed E-state index contributed by atoms with van der Waals surface area (Å²) in [5.41, 5.74) is 2.25. The Morgan fingerprint density at radius 3 is 2.56 bits per heavy atom. The van der Waals surface area contributed by atoms with E-state index in [4.69, 9.17) is 23.2 Å². The fraction of sp³-hybridized carbons (Fsp3) is 0.250. The zero-order valence-electron chi connectivity index (χ0n) is 9.11. The first-order chi connectivity index (χ1) is 7.58. The lowest BCUT2D eigenvalue weighted by Crippen LogP contribution is -1.99. The van der Waals surface area contributed by atoms with Crippen molar-refractivity contribution in [1.82, 2.24) is 9.55 Å². The van der Waals surface area contributed by atoms with Crippen molar-refractivity contribution in [2.24, 2.45) is 0 Å². The molecule has 0 aliphatic heterocycles. The first kappa shape index (κ1) is 11.5. The molecule has 2 rings (SSSR count). The highest BCUT2D eigenvalue weighted by Crippen LogP contribution is 2.26. The van der Waals surface area contributed by atoms with Gasteiger partial charge in [0.25, 0.3) is 0 Å². The lowest BCUT2D eigenvalue weighted by molar-refractivity contribution is 0.846. The molecule has 0 saturated heterocycles. The minimum absolute atomic E-state index is 0.398. The monoisotopic (exact) mass is 254 g/mol. The van der Waals surface area contributed by atoms with Gasteiger partial charge in [-0.25, -0.2) is 4.98 Å². The predicted molar refractivity (Wildman–Crippen MR) is 67.7 cm³/mol. The third kappa shape index (κ3) is 2.23. The number of hydrogen-bond donors (Lipinski definition) is 0. The zero-order chi connectivity index (χ0) is 11.7. The maximum atomic E-state index is 6.00. The molecule has 2 aromatic rings. The average Bonchev–Trinajstić information content (AvgIpc) is 2.64. The van der Waals surface area contributed by atoms with E-state index in [1.807, 2.05) is 22.8 Å². The molecular formula is C12H12Cl2N2. The lowest BCUT2D eigenvalue weighted by Gasteiger charge is -2.13. The van der Waals surface area contributed by atoms with E-state index in [1.54, 1.807) is 12.5 Å². The molecule has 84 valence electrons. The van der Waals surface area contributed by atoms with E-state index in [1.165, 1.54) is 5.56 Å². The molecule has 1 heterocycles. The predicted octanol–water partition coefficient (Wildman–Crippen LogP) is 4.30.